The van der Waals surface area contributed by atoms with E-state index in [0.29, 0.717) is 13.0 Å². The van der Waals surface area contributed by atoms with Crippen molar-refractivity contribution in [1.82, 2.24) is 10.6 Å². The van der Waals surface area contributed by atoms with Crippen molar-refractivity contribution < 1.29 is 9.59 Å². The molecule has 2 aromatic carbocycles. The van der Waals surface area contributed by atoms with Gasteiger partial charge in [-0.3, -0.25) is 9.59 Å². The molecule has 0 radical (unpaired) electrons. The maximum atomic E-state index is 12.1. The fraction of sp³-hybridized carbons (Fsp3) is 0.273. The van der Waals surface area contributed by atoms with Gasteiger partial charge in [-0.05, 0) is 30.9 Å². The second-order valence-electron chi connectivity index (χ2n) is 6.49. The molecule has 6 heteroatoms. The van der Waals surface area contributed by atoms with Crippen molar-refractivity contribution in [3.8, 4) is 0 Å². The minimum Gasteiger partial charge on any atom is -0.349 e. The Hall–Kier alpha value is -2.63. The highest BCUT2D eigenvalue weighted by atomic mass is 35.5. The van der Waals surface area contributed by atoms with E-state index in [1.54, 1.807) is 13.0 Å². The summed E-state index contributed by atoms with van der Waals surface area (Å²) in [5, 5.41) is 5.73. The van der Waals surface area contributed by atoms with Gasteiger partial charge in [0.15, 0.2) is 0 Å². The van der Waals surface area contributed by atoms with Gasteiger partial charge >= 0.3 is 0 Å². The van der Waals surface area contributed by atoms with Crippen LogP contribution in [-0.4, -0.2) is 23.9 Å². The van der Waals surface area contributed by atoms with Crippen molar-refractivity contribution in [2.24, 2.45) is 5.73 Å². The molecule has 0 aromatic heterocycles. The average Bonchev–Trinajstić information content (AvgIpc) is 2.69. The van der Waals surface area contributed by atoms with Crippen LogP contribution in [0, 0.1) is 0 Å². The summed E-state index contributed by atoms with van der Waals surface area (Å²) < 4.78 is 0. The topological polar surface area (TPSA) is 84.2 Å². The Morgan fingerprint density at radius 2 is 1.57 bits per heavy atom. The molecule has 0 heterocycles. The Balaban J connectivity index is 0.00000392. The molecule has 150 valence electrons. The third kappa shape index (κ3) is 8.84. The third-order valence-electron chi connectivity index (χ3n) is 4.12. The molecule has 28 heavy (non-hydrogen) atoms. The number of halogens is 1. The van der Waals surface area contributed by atoms with Gasteiger partial charge in [0.25, 0.3) is 0 Å². The highest BCUT2D eigenvalue weighted by Crippen LogP contribution is 2.06. The van der Waals surface area contributed by atoms with Crippen molar-refractivity contribution in [2.75, 3.05) is 0 Å². The van der Waals surface area contributed by atoms with Gasteiger partial charge in [-0.15, -0.1) is 12.4 Å². The number of rotatable bonds is 9. The largest absolute Gasteiger partial charge is 0.349 e. The molecule has 0 spiro atoms. The van der Waals surface area contributed by atoms with Crippen molar-refractivity contribution in [3.63, 3.8) is 0 Å². The summed E-state index contributed by atoms with van der Waals surface area (Å²) >= 11 is 0. The minimum atomic E-state index is -0.593. The number of carbonyl (C=O) groups excluding carboxylic acids is 2. The molecule has 0 unspecified atom stereocenters. The summed E-state index contributed by atoms with van der Waals surface area (Å²) in [7, 11) is 0. The van der Waals surface area contributed by atoms with E-state index in [1.165, 1.54) is 11.6 Å². The first-order valence-corrected chi connectivity index (χ1v) is 9.14. The smallest absolute Gasteiger partial charge is 0.244 e. The third-order valence-corrected chi connectivity index (χ3v) is 4.12. The zero-order valence-electron chi connectivity index (χ0n) is 16.0. The van der Waals surface area contributed by atoms with E-state index in [0.717, 1.165) is 12.0 Å². The molecule has 0 aliphatic rings. The molecule has 2 aromatic rings. The minimum absolute atomic E-state index is 0. The summed E-state index contributed by atoms with van der Waals surface area (Å²) in [6, 6.07) is 18.9. The van der Waals surface area contributed by atoms with Gasteiger partial charge in [0.05, 0.1) is 6.04 Å². The highest BCUT2D eigenvalue weighted by Gasteiger charge is 2.13. The van der Waals surface area contributed by atoms with E-state index in [4.69, 9.17) is 5.73 Å². The van der Waals surface area contributed by atoms with Crippen molar-refractivity contribution in [2.45, 2.75) is 38.4 Å². The molecule has 2 atom stereocenters. The number of amides is 2. The molecular weight excluding hydrogens is 374 g/mol. The number of carbonyl (C=O) groups is 2. The SMILES string of the molecule is C[C@H](N)C(=O)N[C@H](/C=C/C(=O)NCc1ccccc1)CCc1ccccc1.Cl. The second-order valence-corrected chi connectivity index (χ2v) is 6.49. The van der Waals surface area contributed by atoms with E-state index in [-0.39, 0.29) is 30.3 Å². The Morgan fingerprint density at radius 1 is 1.00 bits per heavy atom. The van der Waals surface area contributed by atoms with E-state index in [9.17, 15) is 9.59 Å². The van der Waals surface area contributed by atoms with Crippen LogP contribution in [0.2, 0.25) is 0 Å². The van der Waals surface area contributed by atoms with Gasteiger partial charge in [-0.1, -0.05) is 66.7 Å². The quantitative estimate of drug-likeness (QED) is 0.565. The predicted molar refractivity (Wildman–Crippen MR) is 115 cm³/mol. The van der Waals surface area contributed by atoms with Crippen LogP contribution < -0.4 is 16.4 Å². The molecule has 0 saturated carbocycles. The van der Waals surface area contributed by atoms with Crippen LogP contribution in [0.15, 0.2) is 72.8 Å². The van der Waals surface area contributed by atoms with Crippen LogP contribution in [-0.2, 0) is 22.6 Å². The standard InChI is InChI=1S/C22H27N3O2.ClH/c1-17(23)22(27)25-20(13-12-18-8-4-2-5-9-18)14-15-21(26)24-16-19-10-6-3-7-11-19;/h2-11,14-15,17,20H,12-13,16,23H2,1H3,(H,24,26)(H,25,27);1H/b15-14+;/t17-,20-;/m0./s1. The lowest BCUT2D eigenvalue weighted by molar-refractivity contribution is -0.122. The highest BCUT2D eigenvalue weighted by molar-refractivity contribution is 5.87. The van der Waals surface area contributed by atoms with Gasteiger partial charge in [0.1, 0.15) is 0 Å². The average molecular weight is 402 g/mol. The molecule has 0 bridgehead atoms. The molecular formula is C22H28ClN3O2. The maximum absolute atomic E-state index is 12.1. The van der Waals surface area contributed by atoms with Crippen molar-refractivity contribution in [3.05, 3.63) is 83.9 Å². The number of nitrogens with one attached hydrogen (secondary N) is 2. The first-order chi connectivity index (χ1) is 13.0. The van der Waals surface area contributed by atoms with Crippen molar-refractivity contribution in [1.29, 1.82) is 0 Å². The normalized spacial score (nSPS) is 12.6. The Morgan fingerprint density at radius 3 is 2.14 bits per heavy atom. The zero-order chi connectivity index (χ0) is 19.5. The van der Waals surface area contributed by atoms with Crippen molar-refractivity contribution >= 4 is 24.2 Å². The molecule has 0 aliphatic carbocycles. The summed E-state index contributed by atoms with van der Waals surface area (Å²) in [4.78, 5) is 24.0. The lowest BCUT2D eigenvalue weighted by Crippen LogP contribution is -2.43. The molecule has 4 N–H and O–H groups in total. The van der Waals surface area contributed by atoms with Crippen LogP contribution in [0.5, 0.6) is 0 Å². The van der Waals surface area contributed by atoms with E-state index < -0.39 is 6.04 Å². The second kappa shape index (κ2) is 12.7. The fourth-order valence-corrected chi connectivity index (χ4v) is 2.55. The van der Waals surface area contributed by atoms with Crippen LogP contribution in [0.3, 0.4) is 0 Å². The lowest BCUT2D eigenvalue weighted by atomic mass is 10.0. The summed E-state index contributed by atoms with van der Waals surface area (Å²) in [5.41, 5.74) is 7.86. The molecule has 2 amide bonds. The molecule has 5 nitrogen and oxygen atoms in total. The maximum Gasteiger partial charge on any atom is 0.244 e. The van der Waals surface area contributed by atoms with Crippen LogP contribution in [0.4, 0.5) is 0 Å². The predicted octanol–water partition coefficient (Wildman–Crippen LogP) is 2.75. The lowest BCUT2D eigenvalue weighted by Gasteiger charge is -2.17. The fourth-order valence-electron chi connectivity index (χ4n) is 2.55. The van der Waals surface area contributed by atoms with Crippen LogP contribution in [0.1, 0.15) is 24.5 Å². The summed E-state index contributed by atoms with van der Waals surface area (Å²) in [6.45, 7) is 2.10. The van der Waals surface area contributed by atoms with Gasteiger partial charge < -0.3 is 16.4 Å². The van der Waals surface area contributed by atoms with Gasteiger partial charge in [-0.2, -0.15) is 0 Å². The van der Waals surface area contributed by atoms with E-state index in [2.05, 4.69) is 10.6 Å². The number of benzene rings is 2. The summed E-state index contributed by atoms with van der Waals surface area (Å²) in [6.07, 6.45) is 4.68. The summed E-state index contributed by atoms with van der Waals surface area (Å²) in [5.74, 6) is -0.430. The van der Waals surface area contributed by atoms with Crippen LogP contribution >= 0.6 is 12.4 Å². The Labute approximate surface area is 172 Å². The molecule has 2 rings (SSSR count). The number of hydrogen-bond acceptors (Lipinski definition) is 3. The number of nitrogens with two attached hydrogens (primary N) is 1. The van der Waals surface area contributed by atoms with Gasteiger partial charge in [-0.25, -0.2) is 0 Å². The zero-order valence-corrected chi connectivity index (χ0v) is 16.8. The van der Waals surface area contributed by atoms with Gasteiger partial charge in [0, 0.05) is 18.7 Å². The molecule has 0 saturated heterocycles. The number of aryl methyl sites for hydroxylation is 1. The van der Waals surface area contributed by atoms with E-state index in [1.807, 2.05) is 60.7 Å². The van der Waals surface area contributed by atoms with E-state index >= 15 is 0 Å². The van der Waals surface area contributed by atoms with Crippen LogP contribution in [0.25, 0.3) is 0 Å². The first-order valence-electron chi connectivity index (χ1n) is 9.14. The Kier molecular flexibility index (Phi) is 10.6. The molecule has 0 fully saturated rings. The molecule has 0 aliphatic heterocycles. The first kappa shape index (κ1) is 23.4. The Bertz CT molecular complexity index is 749. The van der Waals surface area contributed by atoms with Gasteiger partial charge in [0.2, 0.25) is 11.8 Å². The monoisotopic (exact) mass is 401 g/mol. The number of hydrogen-bond donors (Lipinski definition) is 3.